The van der Waals surface area contributed by atoms with E-state index in [1.54, 1.807) is 12.1 Å². The van der Waals surface area contributed by atoms with Crippen molar-refractivity contribution in [2.24, 2.45) is 0 Å². The number of hydrogen-bond acceptors (Lipinski definition) is 4. The Bertz CT molecular complexity index is 625. The summed E-state index contributed by atoms with van der Waals surface area (Å²) in [5.74, 6) is 0.107. The monoisotopic (exact) mass is 293 g/mol. The van der Waals surface area contributed by atoms with Gasteiger partial charge in [0.25, 0.3) is 0 Å². The third-order valence-corrected chi connectivity index (χ3v) is 4.00. The van der Waals surface area contributed by atoms with Crippen LogP contribution in [0.25, 0.3) is 11.0 Å². The van der Waals surface area contributed by atoms with Gasteiger partial charge in [0.1, 0.15) is 29.4 Å². The second kappa shape index (κ2) is 5.75. The topological polar surface area (TPSA) is 45.8 Å². The molecule has 2 atom stereocenters. The molecule has 2 heterocycles. The maximum atomic E-state index is 13.2. The van der Waals surface area contributed by atoms with Crippen LogP contribution in [0.4, 0.5) is 4.39 Å². The molecule has 0 bridgehead atoms. The third kappa shape index (κ3) is 2.95. The van der Waals surface area contributed by atoms with Crippen LogP contribution in [0.3, 0.4) is 0 Å². The van der Waals surface area contributed by atoms with Crippen molar-refractivity contribution in [2.75, 3.05) is 19.7 Å². The minimum absolute atomic E-state index is 0.316. The average Bonchev–Trinajstić information content (AvgIpc) is 2.89. The number of morpholine rings is 1. The van der Waals surface area contributed by atoms with E-state index in [9.17, 15) is 9.50 Å². The third-order valence-electron chi connectivity index (χ3n) is 4.00. The summed E-state index contributed by atoms with van der Waals surface area (Å²) in [6, 6.07) is 6.41. The number of ether oxygens (including phenoxy) is 1. The predicted molar refractivity (Wildman–Crippen MR) is 77.6 cm³/mol. The average molecular weight is 293 g/mol. The van der Waals surface area contributed by atoms with Gasteiger partial charge in [-0.2, -0.15) is 0 Å². The van der Waals surface area contributed by atoms with Gasteiger partial charge in [0, 0.05) is 24.5 Å². The summed E-state index contributed by atoms with van der Waals surface area (Å²) in [5.41, 5.74) is 0.571. The van der Waals surface area contributed by atoms with Gasteiger partial charge in [-0.3, -0.25) is 4.90 Å². The zero-order valence-corrected chi connectivity index (χ0v) is 12.3. The molecule has 1 aliphatic heterocycles. The lowest BCUT2D eigenvalue weighted by atomic mass is 10.1. The first-order chi connectivity index (χ1) is 10.0. The van der Waals surface area contributed by atoms with Crippen molar-refractivity contribution in [3.8, 4) is 0 Å². The summed E-state index contributed by atoms with van der Waals surface area (Å²) >= 11 is 0. The van der Waals surface area contributed by atoms with Crippen molar-refractivity contribution in [3.05, 3.63) is 35.8 Å². The fourth-order valence-electron chi connectivity index (χ4n) is 2.72. The number of nitrogens with zero attached hydrogens (tertiary/aromatic N) is 1. The molecule has 4 nitrogen and oxygen atoms in total. The molecule has 1 aromatic carbocycles. The lowest BCUT2D eigenvalue weighted by Gasteiger charge is -2.36. The molecule has 0 saturated carbocycles. The van der Waals surface area contributed by atoms with Crippen molar-refractivity contribution in [1.82, 2.24) is 4.90 Å². The molecule has 1 aliphatic rings. The van der Waals surface area contributed by atoms with E-state index in [0.29, 0.717) is 35.9 Å². The Hall–Kier alpha value is -1.43. The van der Waals surface area contributed by atoms with Gasteiger partial charge in [-0.05, 0) is 38.1 Å². The van der Waals surface area contributed by atoms with Gasteiger partial charge >= 0.3 is 0 Å². The molecule has 1 aromatic heterocycles. The van der Waals surface area contributed by atoms with Crippen molar-refractivity contribution in [1.29, 1.82) is 0 Å². The van der Waals surface area contributed by atoms with Crippen LogP contribution in [0.15, 0.2) is 28.7 Å². The summed E-state index contributed by atoms with van der Waals surface area (Å²) in [7, 11) is 0. The second-order valence-corrected chi connectivity index (χ2v) is 5.77. The molecule has 2 unspecified atom stereocenters. The molecule has 1 saturated heterocycles. The van der Waals surface area contributed by atoms with E-state index in [1.165, 1.54) is 12.1 Å². The molecule has 0 aliphatic carbocycles. The maximum absolute atomic E-state index is 13.2. The van der Waals surface area contributed by atoms with Crippen molar-refractivity contribution < 1.29 is 18.7 Å². The van der Waals surface area contributed by atoms with E-state index < -0.39 is 6.10 Å². The lowest BCUT2D eigenvalue weighted by molar-refractivity contribution is -0.101. The Morgan fingerprint density at radius 1 is 1.33 bits per heavy atom. The first kappa shape index (κ1) is 14.5. The smallest absolute Gasteiger partial charge is 0.139 e. The summed E-state index contributed by atoms with van der Waals surface area (Å²) in [4.78, 5) is 2.26. The number of aliphatic hydroxyl groups excluding tert-OH is 1. The largest absolute Gasteiger partial charge is 0.458 e. The molecule has 1 fully saturated rings. The van der Waals surface area contributed by atoms with Gasteiger partial charge in [-0.25, -0.2) is 4.39 Å². The van der Waals surface area contributed by atoms with Crippen LogP contribution in [0.1, 0.15) is 25.7 Å². The number of hydrogen-bond donors (Lipinski definition) is 1. The number of benzene rings is 1. The SMILES string of the molecule is CC(C)N1CCOC(C(O)c2cc3cc(F)ccc3o2)C1. The van der Waals surface area contributed by atoms with Gasteiger partial charge in [-0.1, -0.05) is 0 Å². The molecule has 0 radical (unpaired) electrons. The summed E-state index contributed by atoms with van der Waals surface area (Å²) in [6.07, 6.45) is -1.17. The van der Waals surface area contributed by atoms with Crippen molar-refractivity contribution in [3.63, 3.8) is 0 Å². The number of fused-ring (bicyclic) bond motifs is 1. The van der Waals surface area contributed by atoms with E-state index in [1.807, 2.05) is 0 Å². The Kier molecular flexibility index (Phi) is 3.97. The summed E-state index contributed by atoms with van der Waals surface area (Å²) in [6.45, 7) is 6.36. The highest BCUT2D eigenvalue weighted by atomic mass is 19.1. The van der Waals surface area contributed by atoms with E-state index in [-0.39, 0.29) is 11.9 Å². The van der Waals surface area contributed by atoms with Gasteiger partial charge < -0.3 is 14.3 Å². The van der Waals surface area contributed by atoms with Crippen LogP contribution in [0.2, 0.25) is 0 Å². The minimum atomic E-state index is -0.845. The molecule has 114 valence electrons. The molecular weight excluding hydrogens is 273 g/mol. The molecule has 2 aromatic rings. The fraction of sp³-hybridized carbons (Fsp3) is 0.500. The zero-order chi connectivity index (χ0) is 15.0. The first-order valence-corrected chi connectivity index (χ1v) is 7.27. The first-order valence-electron chi connectivity index (χ1n) is 7.27. The molecule has 3 rings (SSSR count). The lowest BCUT2D eigenvalue weighted by Crippen LogP contribution is -2.47. The van der Waals surface area contributed by atoms with Crippen LogP contribution in [-0.2, 0) is 4.74 Å². The molecule has 21 heavy (non-hydrogen) atoms. The molecular formula is C16H20FNO3. The number of rotatable bonds is 3. The Balaban J connectivity index is 1.81. The van der Waals surface area contributed by atoms with Crippen molar-refractivity contribution in [2.45, 2.75) is 32.1 Å². The highest BCUT2D eigenvalue weighted by molar-refractivity contribution is 5.77. The van der Waals surface area contributed by atoms with E-state index in [4.69, 9.17) is 9.15 Å². The molecule has 1 N–H and O–H groups in total. The normalized spacial score (nSPS) is 22.0. The van der Waals surface area contributed by atoms with Crippen molar-refractivity contribution >= 4 is 11.0 Å². The number of halogens is 1. The standard InChI is InChI=1S/C16H20FNO3/c1-10(2)18-5-6-20-15(9-18)16(19)14-8-11-7-12(17)3-4-13(11)21-14/h3-4,7-8,10,15-16,19H,5-6,9H2,1-2H3. The number of furan rings is 1. The van der Waals surface area contributed by atoms with Crippen LogP contribution in [-0.4, -0.2) is 41.8 Å². The van der Waals surface area contributed by atoms with Crippen LogP contribution >= 0.6 is 0 Å². The van der Waals surface area contributed by atoms with E-state index >= 15 is 0 Å². The Labute approximate surface area is 123 Å². The van der Waals surface area contributed by atoms with Crippen LogP contribution < -0.4 is 0 Å². The van der Waals surface area contributed by atoms with Crippen LogP contribution in [0.5, 0.6) is 0 Å². The van der Waals surface area contributed by atoms with Gasteiger partial charge in [0.15, 0.2) is 0 Å². The molecule has 5 heteroatoms. The zero-order valence-electron chi connectivity index (χ0n) is 12.3. The van der Waals surface area contributed by atoms with E-state index in [2.05, 4.69) is 18.7 Å². The summed E-state index contributed by atoms with van der Waals surface area (Å²) in [5, 5.41) is 11.1. The van der Waals surface area contributed by atoms with Gasteiger partial charge in [0.05, 0.1) is 6.61 Å². The maximum Gasteiger partial charge on any atom is 0.139 e. The second-order valence-electron chi connectivity index (χ2n) is 5.77. The minimum Gasteiger partial charge on any atom is -0.458 e. The number of aliphatic hydroxyl groups is 1. The highest BCUT2D eigenvalue weighted by Gasteiger charge is 2.30. The predicted octanol–water partition coefficient (Wildman–Crippen LogP) is 2.71. The fourth-order valence-corrected chi connectivity index (χ4v) is 2.72. The molecule has 0 spiro atoms. The Morgan fingerprint density at radius 3 is 2.90 bits per heavy atom. The van der Waals surface area contributed by atoms with Crippen LogP contribution in [0, 0.1) is 5.82 Å². The highest BCUT2D eigenvalue weighted by Crippen LogP contribution is 2.29. The van der Waals surface area contributed by atoms with E-state index in [0.717, 1.165) is 6.54 Å². The quantitative estimate of drug-likeness (QED) is 0.945. The van der Waals surface area contributed by atoms with Gasteiger partial charge in [-0.15, -0.1) is 0 Å². The Morgan fingerprint density at radius 2 is 2.14 bits per heavy atom. The van der Waals surface area contributed by atoms with Gasteiger partial charge in [0.2, 0.25) is 0 Å². The molecule has 0 amide bonds. The summed E-state index contributed by atoms with van der Waals surface area (Å²) < 4.78 is 24.5.